The zero-order valence-corrected chi connectivity index (χ0v) is 12.8. The van der Waals surface area contributed by atoms with Crippen LogP contribution in [0.1, 0.15) is 32.8 Å². The van der Waals surface area contributed by atoms with Crippen LogP contribution in [0.4, 0.5) is 10.1 Å². The molecule has 0 heterocycles. The number of hydrogen-bond acceptors (Lipinski definition) is 3. The highest BCUT2D eigenvalue weighted by Gasteiger charge is 2.13. The van der Waals surface area contributed by atoms with Gasteiger partial charge >= 0.3 is 0 Å². The van der Waals surface area contributed by atoms with Gasteiger partial charge in [0.2, 0.25) is 0 Å². The number of benzene rings is 1. The molecule has 0 unspecified atom stereocenters. The predicted molar refractivity (Wildman–Crippen MR) is 82.5 cm³/mol. The lowest BCUT2D eigenvalue weighted by atomic mass is 10.1. The largest absolute Gasteiger partial charge is 0.395 e. The van der Waals surface area contributed by atoms with Gasteiger partial charge in [0.25, 0.3) is 0 Å². The summed E-state index contributed by atoms with van der Waals surface area (Å²) in [6.07, 6.45) is 0.968. The number of anilines is 1. The van der Waals surface area contributed by atoms with Crippen molar-refractivity contribution in [2.45, 2.75) is 33.7 Å². The molecule has 0 bridgehead atoms. The first-order valence-electron chi connectivity index (χ1n) is 7.44. The maximum Gasteiger partial charge on any atom is 0.129 e. The highest BCUT2D eigenvalue weighted by Crippen LogP contribution is 2.23. The average Bonchev–Trinajstić information content (AvgIpc) is 2.40. The lowest BCUT2D eigenvalue weighted by molar-refractivity contribution is 0.301. The Morgan fingerprint density at radius 3 is 2.65 bits per heavy atom. The molecular weight excluding hydrogens is 255 g/mol. The molecule has 0 atom stereocenters. The number of aliphatic hydroxyl groups is 1. The van der Waals surface area contributed by atoms with E-state index in [1.54, 1.807) is 6.07 Å². The second-order valence-corrected chi connectivity index (χ2v) is 5.47. The monoisotopic (exact) mass is 282 g/mol. The van der Waals surface area contributed by atoms with Crippen molar-refractivity contribution in [2.75, 3.05) is 31.1 Å². The summed E-state index contributed by atoms with van der Waals surface area (Å²) in [5.41, 5.74) is 1.58. The number of nitrogens with one attached hydrogen (secondary N) is 1. The molecule has 1 rings (SSSR count). The molecule has 0 fully saturated rings. The van der Waals surface area contributed by atoms with Gasteiger partial charge in [0.15, 0.2) is 0 Å². The maximum absolute atomic E-state index is 14.1. The SMILES string of the molecule is CCCN(CCO)c1cccc(F)c1CNCC(C)C. The Morgan fingerprint density at radius 1 is 1.30 bits per heavy atom. The van der Waals surface area contributed by atoms with Crippen molar-refractivity contribution in [2.24, 2.45) is 5.92 Å². The minimum absolute atomic E-state index is 0.0787. The first-order chi connectivity index (χ1) is 9.60. The summed E-state index contributed by atoms with van der Waals surface area (Å²) in [4.78, 5) is 2.05. The first-order valence-corrected chi connectivity index (χ1v) is 7.44. The molecule has 4 heteroatoms. The van der Waals surface area contributed by atoms with Gasteiger partial charge in [-0.05, 0) is 31.0 Å². The van der Waals surface area contributed by atoms with E-state index in [9.17, 15) is 9.50 Å². The maximum atomic E-state index is 14.1. The van der Waals surface area contributed by atoms with Gasteiger partial charge in [-0.25, -0.2) is 4.39 Å². The van der Waals surface area contributed by atoms with E-state index in [1.165, 1.54) is 6.07 Å². The van der Waals surface area contributed by atoms with E-state index in [4.69, 9.17) is 0 Å². The topological polar surface area (TPSA) is 35.5 Å². The fourth-order valence-electron chi connectivity index (χ4n) is 2.25. The fraction of sp³-hybridized carbons (Fsp3) is 0.625. The number of aliphatic hydroxyl groups excluding tert-OH is 1. The van der Waals surface area contributed by atoms with Gasteiger partial charge in [0, 0.05) is 30.9 Å². The van der Waals surface area contributed by atoms with Crippen LogP contribution in [-0.2, 0) is 6.54 Å². The summed E-state index contributed by atoms with van der Waals surface area (Å²) in [5.74, 6) is 0.354. The normalized spacial score (nSPS) is 11.1. The van der Waals surface area contributed by atoms with Gasteiger partial charge in [-0.15, -0.1) is 0 Å². The highest BCUT2D eigenvalue weighted by atomic mass is 19.1. The molecule has 3 nitrogen and oxygen atoms in total. The number of hydrogen-bond donors (Lipinski definition) is 2. The Hall–Kier alpha value is -1.13. The smallest absolute Gasteiger partial charge is 0.129 e. The zero-order valence-electron chi connectivity index (χ0n) is 12.8. The van der Waals surface area contributed by atoms with Gasteiger partial charge < -0.3 is 15.3 Å². The standard InChI is InChI=1S/C16H27FN2O/c1-4-8-19(9-10-20)16-7-5-6-15(17)14(16)12-18-11-13(2)3/h5-7,13,18,20H,4,8-12H2,1-3H3. The van der Waals surface area contributed by atoms with Gasteiger partial charge in [-0.1, -0.05) is 26.8 Å². The van der Waals surface area contributed by atoms with Gasteiger partial charge in [-0.2, -0.15) is 0 Å². The van der Waals surface area contributed by atoms with E-state index >= 15 is 0 Å². The van der Waals surface area contributed by atoms with Crippen LogP contribution in [0.25, 0.3) is 0 Å². The van der Waals surface area contributed by atoms with Crippen molar-refractivity contribution in [3.05, 3.63) is 29.6 Å². The summed E-state index contributed by atoms with van der Waals surface area (Å²) in [6.45, 7) is 9.16. The van der Waals surface area contributed by atoms with E-state index in [0.717, 1.165) is 25.2 Å². The molecule has 0 saturated heterocycles. The quantitative estimate of drug-likeness (QED) is 0.731. The van der Waals surface area contributed by atoms with Crippen LogP contribution in [0.2, 0.25) is 0 Å². The molecule has 0 aliphatic heterocycles. The van der Waals surface area contributed by atoms with Crippen LogP contribution in [0.5, 0.6) is 0 Å². The summed E-state index contributed by atoms with van der Waals surface area (Å²) in [5, 5.41) is 12.5. The lowest BCUT2D eigenvalue weighted by Crippen LogP contribution is -2.30. The van der Waals surface area contributed by atoms with Crippen LogP contribution < -0.4 is 10.2 Å². The Kier molecular flexibility index (Phi) is 7.55. The van der Waals surface area contributed by atoms with Crippen LogP contribution >= 0.6 is 0 Å². The van der Waals surface area contributed by atoms with Crippen molar-refractivity contribution >= 4 is 5.69 Å². The van der Waals surface area contributed by atoms with Crippen LogP contribution in [0.15, 0.2) is 18.2 Å². The Labute approximate surface area is 121 Å². The first kappa shape index (κ1) is 16.9. The van der Waals surface area contributed by atoms with E-state index in [-0.39, 0.29) is 12.4 Å². The van der Waals surface area contributed by atoms with E-state index in [1.807, 2.05) is 6.07 Å². The molecule has 0 spiro atoms. The Balaban J connectivity index is 2.90. The third-order valence-corrected chi connectivity index (χ3v) is 3.15. The van der Waals surface area contributed by atoms with Gasteiger partial charge in [0.1, 0.15) is 5.82 Å². The van der Waals surface area contributed by atoms with Gasteiger partial charge in [-0.3, -0.25) is 0 Å². The summed E-state index contributed by atoms with van der Waals surface area (Å²) < 4.78 is 14.1. The van der Waals surface area contributed by atoms with Crippen molar-refractivity contribution in [3.8, 4) is 0 Å². The lowest BCUT2D eigenvalue weighted by Gasteiger charge is -2.26. The molecule has 0 saturated carbocycles. The molecule has 1 aromatic rings. The fourth-order valence-corrected chi connectivity index (χ4v) is 2.25. The molecule has 0 aromatic heterocycles. The summed E-state index contributed by atoms with van der Waals surface area (Å²) in [7, 11) is 0. The summed E-state index contributed by atoms with van der Waals surface area (Å²) in [6, 6.07) is 5.16. The van der Waals surface area contributed by atoms with Crippen molar-refractivity contribution in [1.29, 1.82) is 0 Å². The predicted octanol–water partition coefficient (Wildman–Crippen LogP) is 2.78. The summed E-state index contributed by atoms with van der Waals surface area (Å²) >= 11 is 0. The Bertz CT molecular complexity index is 390. The second-order valence-electron chi connectivity index (χ2n) is 5.47. The van der Waals surface area contributed by atoms with E-state index in [2.05, 4.69) is 31.0 Å². The molecule has 2 N–H and O–H groups in total. The molecule has 0 radical (unpaired) electrons. The zero-order chi connectivity index (χ0) is 15.0. The van der Waals surface area contributed by atoms with Crippen LogP contribution in [0, 0.1) is 11.7 Å². The van der Waals surface area contributed by atoms with Crippen LogP contribution in [-0.4, -0.2) is 31.3 Å². The number of halogens is 1. The minimum Gasteiger partial charge on any atom is -0.395 e. The molecule has 1 aromatic carbocycles. The minimum atomic E-state index is -0.183. The van der Waals surface area contributed by atoms with E-state index in [0.29, 0.717) is 24.6 Å². The van der Waals surface area contributed by atoms with Gasteiger partial charge in [0.05, 0.1) is 6.61 Å². The Morgan fingerprint density at radius 2 is 2.05 bits per heavy atom. The van der Waals surface area contributed by atoms with Crippen LogP contribution in [0.3, 0.4) is 0 Å². The number of nitrogens with zero attached hydrogens (tertiary/aromatic N) is 1. The molecule has 0 aliphatic carbocycles. The van der Waals surface area contributed by atoms with Crippen molar-refractivity contribution < 1.29 is 9.50 Å². The molecule has 0 amide bonds. The molecule has 114 valence electrons. The van der Waals surface area contributed by atoms with Crippen molar-refractivity contribution in [1.82, 2.24) is 5.32 Å². The van der Waals surface area contributed by atoms with Crippen molar-refractivity contribution in [3.63, 3.8) is 0 Å². The van der Waals surface area contributed by atoms with E-state index < -0.39 is 0 Å². The molecule has 20 heavy (non-hydrogen) atoms. The average molecular weight is 282 g/mol. The molecular formula is C16H27FN2O. The third kappa shape index (κ3) is 5.10. The third-order valence-electron chi connectivity index (χ3n) is 3.15. The number of rotatable bonds is 9. The second kappa shape index (κ2) is 8.93. The molecule has 0 aliphatic rings. The highest BCUT2D eigenvalue weighted by molar-refractivity contribution is 5.54.